The van der Waals surface area contributed by atoms with E-state index in [2.05, 4.69) is 15.0 Å². The molecule has 1 N–H and O–H groups in total. The van der Waals surface area contributed by atoms with Crippen molar-refractivity contribution in [3.8, 4) is 0 Å². The monoisotopic (exact) mass is 237 g/mol. The van der Waals surface area contributed by atoms with Gasteiger partial charge >= 0.3 is 0 Å². The number of nitrogens with one attached hydrogen (secondary N) is 1. The average molecular weight is 238 g/mol. The Balaban J connectivity index is 2.62. The lowest BCUT2D eigenvalue weighted by atomic mass is 9.87. The quantitative estimate of drug-likeness (QED) is 0.776. The van der Waals surface area contributed by atoms with E-state index in [9.17, 15) is 4.79 Å². The van der Waals surface area contributed by atoms with Crippen LogP contribution < -0.4 is 0 Å². The molecule has 0 aliphatic carbocycles. The maximum atomic E-state index is 12.1. The van der Waals surface area contributed by atoms with E-state index in [1.165, 1.54) is 6.20 Å². The third kappa shape index (κ3) is 1.80. The first-order valence-electron chi connectivity index (χ1n) is 4.94. The fraction of sp³-hybridized carbons (Fsp3) is 0.364. The highest BCUT2D eigenvalue weighted by molar-refractivity contribution is 6.29. The summed E-state index contributed by atoms with van der Waals surface area (Å²) >= 11 is 5.77. The lowest BCUT2D eigenvalue weighted by Gasteiger charge is -2.15. The van der Waals surface area contributed by atoms with E-state index in [0.717, 1.165) is 0 Å². The predicted molar refractivity (Wildman–Crippen MR) is 62.7 cm³/mol. The van der Waals surface area contributed by atoms with E-state index in [4.69, 9.17) is 11.6 Å². The third-order valence-corrected chi connectivity index (χ3v) is 2.46. The minimum absolute atomic E-state index is 0.0234. The Labute approximate surface area is 98.1 Å². The largest absolute Gasteiger partial charge is 0.344 e. The second-order valence-electron chi connectivity index (χ2n) is 4.67. The van der Waals surface area contributed by atoms with Gasteiger partial charge in [0.15, 0.2) is 11.4 Å². The number of halogens is 1. The van der Waals surface area contributed by atoms with E-state index in [1.54, 1.807) is 6.20 Å². The van der Waals surface area contributed by atoms with Crippen molar-refractivity contribution in [3.05, 3.63) is 23.1 Å². The second-order valence-corrected chi connectivity index (χ2v) is 5.06. The van der Waals surface area contributed by atoms with Crippen molar-refractivity contribution in [1.82, 2.24) is 15.0 Å². The molecule has 2 heterocycles. The molecular weight excluding hydrogens is 226 g/mol. The highest BCUT2D eigenvalue weighted by atomic mass is 35.5. The van der Waals surface area contributed by atoms with E-state index in [1.807, 2.05) is 20.8 Å². The van der Waals surface area contributed by atoms with Crippen molar-refractivity contribution in [2.24, 2.45) is 5.41 Å². The zero-order chi connectivity index (χ0) is 11.9. The molecule has 0 atom stereocenters. The highest BCUT2D eigenvalue weighted by Crippen LogP contribution is 2.25. The number of Topliss-reactive ketones (excluding diaryl/α,β-unsaturated/α-hetero) is 1. The highest BCUT2D eigenvalue weighted by Gasteiger charge is 2.26. The maximum Gasteiger partial charge on any atom is 0.171 e. The molecule has 0 aliphatic heterocycles. The van der Waals surface area contributed by atoms with Crippen molar-refractivity contribution in [1.29, 1.82) is 0 Å². The van der Waals surface area contributed by atoms with Gasteiger partial charge in [-0.1, -0.05) is 32.4 Å². The number of hydrogen-bond acceptors (Lipinski definition) is 3. The summed E-state index contributed by atoms with van der Waals surface area (Å²) in [6, 6.07) is 0. The summed E-state index contributed by atoms with van der Waals surface area (Å²) in [6.07, 6.45) is 3.08. The SMILES string of the molecule is CC(C)(C)C(=O)c1c[nH]c2ncc(Cl)nc12. The van der Waals surface area contributed by atoms with Crippen molar-refractivity contribution in [2.75, 3.05) is 0 Å². The molecule has 4 nitrogen and oxygen atoms in total. The van der Waals surface area contributed by atoms with Crippen molar-refractivity contribution in [2.45, 2.75) is 20.8 Å². The molecule has 0 unspecified atom stereocenters. The van der Waals surface area contributed by atoms with Crippen LogP contribution >= 0.6 is 11.6 Å². The molecule has 2 aromatic heterocycles. The first-order chi connectivity index (χ1) is 7.39. The number of nitrogens with zero attached hydrogens (tertiary/aromatic N) is 2. The second kappa shape index (κ2) is 3.56. The molecule has 16 heavy (non-hydrogen) atoms. The number of aromatic amines is 1. The Kier molecular flexibility index (Phi) is 2.46. The molecular formula is C11H12ClN3O. The molecule has 2 aromatic rings. The lowest BCUT2D eigenvalue weighted by Crippen LogP contribution is -2.20. The Morgan fingerprint density at radius 3 is 2.75 bits per heavy atom. The number of hydrogen-bond donors (Lipinski definition) is 1. The summed E-state index contributed by atoms with van der Waals surface area (Å²) in [5, 5.41) is 0.287. The number of aromatic nitrogens is 3. The molecule has 0 aliphatic rings. The normalized spacial score (nSPS) is 12.0. The number of ketones is 1. The van der Waals surface area contributed by atoms with Crippen molar-refractivity contribution < 1.29 is 4.79 Å². The molecule has 0 saturated carbocycles. The molecule has 0 spiro atoms. The van der Waals surface area contributed by atoms with Gasteiger partial charge in [-0.2, -0.15) is 0 Å². The van der Waals surface area contributed by atoms with Gasteiger partial charge in [0.1, 0.15) is 10.7 Å². The average Bonchev–Trinajstić information content (AvgIpc) is 2.57. The summed E-state index contributed by atoms with van der Waals surface area (Å²) in [7, 11) is 0. The maximum absolute atomic E-state index is 12.1. The van der Waals surface area contributed by atoms with Crippen LogP contribution in [0.4, 0.5) is 0 Å². The Bertz CT molecular complexity index is 554. The fourth-order valence-corrected chi connectivity index (χ4v) is 1.58. The number of rotatable bonds is 1. The first kappa shape index (κ1) is 11.1. The third-order valence-electron chi connectivity index (χ3n) is 2.28. The van der Waals surface area contributed by atoms with Crippen LogP contribution in [0, 0.1) is 5.41 Å². The minimum atomic E-state index is -0.445. The number of H-pyrrole nitrogens is 1. The van der Waals surface area contributed by atoms with Gasteiger partial charge in [-0.05, 0) is 0 Å². The topological polar surface area (TPSA) is 58.6 Å². The molecule has 0 aromatic carbocycles. The molecule has 0 bridgehead atoms. The van der Waals surface area contributed by atoms with E-state index in [0.29, 0.717) is 16.7 Å². The van der Waals surface area contributed by atoms with Crippen LogP contribution in [0.3, 0.4) is 0 Å². The minimum Gasteiger partial charge on any atom is -0.344 e. The molecule has 0 saturated heterocycles. The number of carbonyl (C=O) groups is 1. The van der Waals surface area contributed by atoms with E-state index >= 15 is 0 Å². The number of fused-ring (bicyclic) bond motifs is 1. The Morgan fingerprint density at radius 1 is 1.44 bits per heavy atom. The summed E-state index contributed by atoms with van der Waals surface area (Å²) in [5.74, 6) is 0.0234. The molecule has 2 rings (SSSR count). The van der Waals surface area contributed by atoms with Crippen molar-refractivity contribution >= 4 is 28.5 Å². The summed E-state index contributed by atoms with van der Waals surface area (Å²) in [6.45, 7) is 5.60. The van der Waals surface area contributed by atoms with Crippen LogP contribution in [0.15, 0.2) is 12.4 Å². The first-order valence-corrected chi connectivity index (χ1v) is 5.32. The zero-order valence-electron chi connectivity index (χ0n) is 9.34. The van der Waals surface area contributed by atoms with Gasteiger partial charge in [0.2, 0.25) is 0 Å². The molecule has 84 valence electrons. The van der Waals surface area contributed by atoms with Crippen LogP contribution in [0.5, 0.6) is 0 Å². The van der Waals surface area contributed by atoms with Crippen LogP contribution in [-0.4, -0.2) is 20.7 Å². The zero-order valence-corrected chi connectivity index (χ0v) is 10.1. The fourth-order valence-electron chi connectivity index (χ4n) is 1.45. The smallest absolute Gasteiger partial charge is 0.171 e. The Hall–Kier alpha value is -1.42. The van der Waals surface area contributed by atoms with Gasteiger partial charge in [0.25, 0.3) is 0 Å². The van der Waals surface area contributed by atoms with Gasteiger partial charge in [0, 0.05) is 11.6 Å². The summed E-state index contributed by atoms with van der Waals surface area (Å²) in [4.78, 5) is 23.2. The van der Waals surface area contributed by atoms with Gasteiger partial charge in [-0.3, -0.25) is 4.79 Å². The van der Waals surface area contributed by atoms with Gasteiger partial charge < -0.3 is 4.98 Å². The molecule has 0 radical (unpaired) electrons. The molecule has 5 heteroatoms. The number of carbonyl (C=O) groups excluding carboxylic acids is 1. The van der Waals surface area contributed by atoms with Crippen LogP contribution in [0.25, 0.3) is 11.2 Å². The van der Waals surface area contributed by atoms with Gasteiger partial charge in [0.05, 0.1) is 11.8 Å². The van der Waals surface area contributed by atoms with Gasteiger partial charge in [-0.15, -0.1) is 0 Å². The predicted octanol–water partition coefficient (Wildman–Crippen LogP) is 2.84. The standard InChI is InChI=1S/C11H12ClN3O/c1-11(2,3)9(16)6-4-13-10-8(6)15-7(12)5-14-10/h4-5H,1-3H3,(H,13,14). The van der Waals surface area contributed by atoms with Crippen LogP contribution in [0.1, 0.15) is 31.1 Å². The summed E-state index contributed by atoms with van der Waals surface area (Å²) in [5.41, 5.74) is 1.21. The Morgan fingerprint density at radius 2 is 2.12 bits per heavy atom. The van der Waals surface area contributed by atoms with Crippen LogP contribution in [-0.2, 0) is 0 Å². The summed E-state index contributed by atoms with van der Waals surface area (Å²) < 4.78 is 0. The van der Waals surface area contributed by atoms with E-state index in [-0.39, 0.29) is 10.9 Å². The van der Waals surface area contributed by atoms with Crippen molar-refractivity contribution in [3.63, 3.8) is 0 Å². The van der Waals surface area contributed by atoms with E-state index < -0.39 is 5.41 Å². The lowest BCUT2D eigenvalue weighted by molar-refractivity contribution is 0.0860. The van der Waals surface area contributed by atoms with Crippen LogP contribution in [0.2, 0.25) is 5.15 Å². The molecule has 0 amide bonds. The van der Waals surface area contributed by atoms with Gasteiger partial charge in [-0.25, -0.2) is 9.97 Å². The molecule has 0 fully saturated rings.